The van der Waals surface area contributed by atoms with Crippen molar-refractivity contribution in [2.24, 2.45) is 5.92 Å². The fourth-order valence-electron chi connectivity index (χ4n) is 2.22. The van der Waals surface area contributed by atoms with Crippen LogP contribution in [0.5, 0.6) is 0 Å². The van der Waals surface area contributed by atoms with Crippen molar-refractivity contribution in [3.8, 4) is 0 Å². The monoisotopic (exact) mass is 326 g/mol. The molecule has 0 bridgehead atoms. The van der Waals surface area contributed by atoms with Gasteiger partial charge >= 0.3 is 0 Å². The predicted molar refractivity (Wildman–Crippen MR) is 89.0 cm³/mol. The molecule has 0 spiro atoms. The van der Waals surface area contributed by atoms with Gasteiger partial charge in [0.05, 0.1) is 0 Å². The highest BCUT2D eigenvalue weighted by Crippen LogP contribution is 2.30. The van der Waals surface area contributed by atoms with Crippen LogP contribution in [-0.4, -0.2) is 20.1 Å². The molecule has 3 heteroatoms. The Bertz CT molecular complexity index is 392. The quantitative estimate of drug-likeness (QED) is 0.787. The molecule has 0 aliphatic rings. The van der Waals surface area contributed by atoms with E-state index < -0.39 is 0 Å². The molecule has 1 aromatic rings. The van der Waals surface area contributed by atoms with Gasteiger partial charge in [0.2, 0.25) is 0 Å². The second kappa shape index (κ2) is 7.91. The van der Waals surface area contributed by atoms with E-state index in [1.54, 1.807) is 0 Å². The second-order valence-electron chi connectivity index (χ2n) is 5.27. The van der Waals surface area contributed by atoms with Crippen LogP contribution in [0.3, 0.4) is 0 Å². The third-order valence-electron chi connectivity index (χ3n) is 3.84. The van der Waals surface area contributed by atoms with Crippen molar-refractivity contribution in [2.75, 3.05) is 25.0 Å². The van der Waals surface area contributed by atoms with Gasteiger partial charge in [-0.25, -0.2) is 0 Å². The Morgan fingerprint density at radius 1 is 1.26 bits per heavy atom. The molecule has 0 saturated heterocycles. The molecule has 0 amide bonds. The lowest BCUT2D eigenvalue weighted by Crippen LogP contribution is -2.30. The van der Waals surface area contributed by atoms with Gasteiger partial charge in [0.15, 0.2) is 0 Å². The highest BCUT2D eigenvalue weighted by Gasteiger charge is 2.15. The molecule has 0 aliphatic heterocycles. The van der Waals surface area contributed by atoms with Crippen molar-refractivity contribution in [1.82, 2.24) is 5.32 Å². The number of nitrogens with one attached hydrogen (secondary N) is 1. The summed E-state index contributed by atoms with van der Waals surface area (Å²) in [5.41, 5.74) is 2.72. The summed E-state index contributed by atoms with van der Waals surface area (Å²) >= 11 is 3.58. The maximum absolute atomic E-state index is 3.58. The Morgan fingerprint density at radius 2 is 1.95 bits per heavy atom. The normalized spacial score (nSPS) is 14.2. The standard InChI is InChI=1S/C16H27BrN2/c1-6-12(3)11-19(7-2)16-9-8-14(17)10-15(16)13(4)18-5/h8-10,12-13,18H,6-7,11H2,1-5H3. The molecule has 0 radical (unpaired) electrons. The summed E-state index contributed by atoms with van der Waals surface area (Å²) in [6.45, 7) is 11.2. The van der Waals surface area contributed by atoms with E-state index in [-0.39, 0.29) is 0 Å². The first-order valence-electron chi connectivity index (χ1n) is 7.25. The molecule has 1 N–H and O–H groups in total. The molecule has 2 nitrogen and oxygen atoms in total. The first-order valence-corrected chi connectivity index (χ1v) is 8.04. The molecule has 0 aliphatic carbocycles. The summed E-state index contributed by atoms with van der Waals surface area (Å²) in [4.78, 5) is 2.49. The zero-order valence-electron chi connectivity index (χ0n) is 12.8. The van der Waals surface area contributed by atoms with Crippen LogP contribution in [0, 0.1) is 5.92 Å². The third-order valence-corrected chi connectivity index (χ3v) is 4.33. The number of hydrogen-bond acceptors (Lipinski definition) is 2. The third kappa shape index (κ3) is 4.50. The molecular formula is C16H27BrN2. The lowest BCUT2D eigenvalue weighted by molar-refractivity contribution is 0.544. The van der Waals surface area contributed by atoms with Crippen LogP contribution in [0.4, 0.5) is 5.69 Å². The summed E-state index contributed by atoms with van der Waals surface area (Å²) in [7, 11) is 2.01. The highest BCUT2D eigenvalue weighted by atomic mass is 79.9. The summed E-state index contributed by atoms with van der Waals surface area (Å²) < 4.78 is 1.15. The molecule has 0 fully saturated rings. The number of halogens is 1. The minimum atomic E-state index is 0.360. The van der Waals surface area contributed by atoms with Gasteiger partial charge in [-0.15, -0.1) is 0 Å². The fraction of sp³-hybridized carbons (Fsp3) is 0.625. The maximum Gasteiger partial charge on any atom is 0.0415 e. The molecule has 2 unspecified atom stereocenters. The predicted octanol–water partition coefficient (Wildman–Crippen LogP) is 4.60. The number of benzene rings is 1. The first-order chi connectivity index (χ1) is 9.03. The topological polar surface area (TPSA) is 15.3 Å². The lowest BCUT2D eigenvalue weighted by Gasteiger charge is -2.30. The highest BCUT2D eigenvalue weighted by molar-refractivity contribution is 9.10. The minimum absolute atomic E-state index is 0.360. The Balaban J connectivity index is 3.08. The van der Waals surface area contributed by atoms with E-state index in [0.29, 0.717) is 6.04 Å². The largest absolute Gasteiger partial charge is 0.371 e. The van der Waals surface area contributed by atoms with Gasteiger partial charge in [-0.3, -0.25) is 0 Å². The van der Waals surface area contributed by atoms with Crippen molar-refractivity contribution in [3.63, 3.8) is 0 Å². The number of anilines is 1. The van der Waals surface area contributed by atoms with Gasteiger partial charge in [0, 0.05) is 29.3 Å². The van der Waals surface area contributed by atoms with Crippen molar-refractivity contribution in [2.45, 2.75) is 40.2 Å². The van der Waals surface area contributed by atoms with Gasteiger partial charge in [-0.2, -0.15) is 0 Å². The molecular weight excluding hydrogens is 300 g/mol. The van der Waals surface area contributed by atoms with Crippen molar-refractivity contribution < 1.29 is 0 Å². The molecule has 1 rings (SSSR count). The van der Waals surface area contributed by atoms with Crippen molar-refractivity contribution in [3.05, 3.63) is 28.2 Å². The SMILES string of the molecule is CCC(C)CN(CC)c1ccc(Br)cc1C(C)NC. The molecule has 0 heterocycles. The van der Waals surface area contributed by atoms with Gasteiger partial charge < -0.3 is 10.2 Å². The Kier molecular flexibility index (Phi) is 6.87. The van der Waals surface area contributed by atoms with Crippen LogP contribution >= 0.6 is 15.9 Å². The lowest BCUT2D eigenvalue weighted by atomic mass is 10.0. The zero-order chi connectivity index (χ0) is 14.4. The summed E-state index contributed by atoms with van der Waals surface area (Å²) in [6.07, 6.45) is 1.23. The number of rotatable bonds is 7. The average Bonchev–Trinajstić information content (AvgIpc) is 2.43. The number of hydrogen-bond donors (Lipinski definition) is 1. The van der Waals surface area contributed by atoms with Gasteiger partial charge in [0.1, 0.15) is 0 Å². The van der Waals surface area contributed by atoms with Gasteiger partial charge in [-0.1, -0.05) is 36.2 Å². The Morgan fingerprint density at radius 3 is 2.47 bits per heavy atom. The fourth-order valence-corrected chi connectivity index (χ4v) is 2.60. The molecule has 2 atom stereocenters. The van der Waals surface area contributed by atoms with E-state index in [1.165, 1.54) is 17.7 Å². The summed E-state index contributed by atoms with van der Waals surface area (Å²) in [5, 5.41) is 3.35. The van der Waals surface area contributed by atoms with E-state index in [9.17, 15) is 0 Å². The Hall–Kier alpha value is -0.540. The summed E-state index contributed by atoms with van der Waals surface area (Å²) in [5.74, 6) is 0.723. The van der Waals surface area contributed by atoms with Crippen LogP contribution in [-0.2, 0) is 0 Å². The molecule has 19 heavy (non-hydrogen) atoms. The molecule has 1 aromatic carbocycles. The van der Waals surface area contributed by atoms with Crippen LogP contribution in [0.2, 0.25) is 0 Å². The van der Waals surface area contributed by atoms with E-state index in [2.05, 4.69) is 72.0 Å². The van der Waals surface area contributed by atoms with Crippen LogP contribution in [0.15, 0.2) is 22.7 Å². The second-order valence-corrected chi connectivity index (χ2v) is 6.18. The van der Waals surface area contributed by atoms with E-state index in [1.807, 2.05) is 7.05 Å². The van der Waals surface area contributed by atoms with Gasteiger partial charge in [0.25, 0.3) is 0 Å². The minimum Gasteiger partial charge on any atom is -0.371 e. The van der Waals surface area contributed by atoms with E-state index in [4.69, 9.17) is 0 Å². The van der Waals surface area contributed by atoms with Crippen LogP contribution < -0.4 is 10.2 Å². The van der Waals surface area contributed by atoms with Gasteiger partial charge in [-0.05, 0) is 50.6 Å². The number of nitrogens with zero attached hydrogens (tertiary/aromatic N) is 1. The van der Waals surface area contributed by atoms with E-state index >= 15 is 0 Å². The molecule has 0 aromatic heterocycles. The zero-order valence-corrected chi connectivity index (χ0v) is 14.4. The summed E-state index contributed by atoms with van der Waals surface area (Å²) in [6, 6.07) is 6.97. The van der Waals surface area contributed by atoms with Crippen LogP contribution in [0.25, 0.3) is 0 Å². The first kappa shape index (κ1) is 16.5. The van der Waals surface area contributed by atoms with Crippen molar-refractivity contribution in [1.29, 1.82) is 0 Å². The molecule has 0 saturated carbocycles. The van der Waals surface area contributed by atoms with E-state index in [0.717, 1.165) is 23.5 Å². The van der Waals surface area contributed by atoms with Crippen molar-refractivity contribution >= 4 is 21.6 Å². The maximum atomic E-state index is 3.58. The molecule has 108 valence electrons. The Labute approximate surface area is 126 Å². The average molecular weight is 327 g/mol. The van der Waals surface area contributed by atoms with Crippen LogP contribution in [0.1, 0.15) is 45.7 Å². The smallest absolute Gasteiger partial charge is 0.0415 e.